The van der Waals surface area contributed by atoms with Gasteiger partial charge in [0.05, 0.1) is 11.8 Å². The molecule has 1 aromatic carbocycles. The summed E-state index contributed by atoms with van der Waals surface area (Å²) in [6.07, 6.45) is 3.34. The fourth-order valence-electron chi connectivity index (χ4n) is 5.05. The van der Waals surface area contributed by atoms with Gasteiger partial charge in [-0.25, -0.2) is 0 Å². The molecule has 2 aliphatic rings. The number of aromatic nitrogens is 4. The molecule has 0 amide bonds. The van der Waals surface area contributed by atoms with Crippen LogP contribution in [0.1, 0.15) is 72.2 Å². The quantitative estimate of drug-likeness (QED) is 0.413. The molecule has 10 nitrogen and oxygen atoms in total. The molecule has 0 aliphatic carbocycles. The van der Waals surface area contributed by atoms with E-state index in [0.29, 0.717) is 22.9 Å². The van der Waals surface area contributed by atoms with E-state index >= 15 is 0 Å². The number of rotatable bonds is 6. The van der Waals surface area contributed by atoms with Gasteiger partial charge in [0.2, 0.25) is 23.5 Å². The Bertz CT molecular complexity index is 1350. The van der Waals surface area contributed by atoms with Crippen molar-refractivity contribution in [3.8, 4) is 23.9 Å². The molecule has 10 heteroatoms. The number of aromatic amines is 2. The number of hydrogen-bond acceptors (Lipinski definition) is 8. The Balaban J connectivity index is 1.61. The number of benzene rings is 1. The normalized spacial score (nSPS) is 18.6. The van der Waals surface area contributed by atoms with E-state index in [-0.39, 0.29) is 11.8 Å². The lowest BCUT2D eigenvalue weighted by Gasteiger charge is -2.26. The molecule has 5 rings (SSSR count). The first-order valence-corrected chi connectivity index (χ1v) is 11.9. The van der Waals surface area contributed by atoms with Gasteiger partial charge in [0.25, 0.3) is 0 Å². The Morgan fingerprint density at radius 3 is 1.50 bits per heavy atom. The smallest absolute Gasteiger partial charge is 0.244 e. The second-order valence-corrected chi connectivity index (χ2v) is 8.86. The number of hydrogen-bond donors (Lipinski definition) is 4. The highest BCUT2D eigenvalue weighted by Crippen LogP contribution is 2.46. The molecule has 36 heavy (non-hydrogen) atoms. The maximum Gasteiger partial charge on any atom is 0.244 e. The lowest BCUT2D eigenvalue weighted by molar-refractivity contribution is 0.378. The highest BCUT2D eigenvalue weighted by atomic mass is 16.5. The van der Waals surface area contributed by atoms with Crippen molar-refractivity contribution in [3.05, 3.63) is 80.8 Å². The molecule has 2 atom stereocenters. The zero-order valence-corrected chi connectivity index (χ0v) is 20.1. The van der Waals surface area contributed by atoms with E-state index in [2.05, 4.69) is 46.4 Å². The van der Waals surface area contributed by atoms with Crippen molar-refractivity contribution in [1.82, 2.24) is 20.4 Å². The van der Waals surface area contributed by atoms with E-state index in [4.69, 9.17) is 20.9 Å². The van der Waals surface area contributed by atoms with Crippen LogP contribution in [0.5, 0.6) is 11.8 Å². The Morgan fingerprint density at radius 2 is 1.17 bits per heavy atom. The van der Waals surface area contributed by atoms with Crippen LogP contribution in [0.4, 0.5) is 0 Å². The second kappa shape index (κ2) is 9.16. The molecule has 0 bridgehead atoms. The monoisotopic (exact) mass is 482 g/mol. The summed E-state index contributed by atoms with van der Waals surface area (Å²) in [5.41, 5.74) is 18.1. The average molecular weight is 483 g/mol. The van der Waals surface area contributed by atoms with Crippen LogP contribution in [0, 0.1) is 22.7 Å². The number of ether oxygens (including phenoxy) is 2. The lowest BCUT2D eigenvalue weighted by atomic mass is 9.80. The van der Waals surface area contributed by atoms with Crippen molar-refractivity contribution in [1.29, 1.82) is 10.5 Å². The Hall–Kier alpha value is -4.70. The van der Waals surface area contributed by atoms with Crippen LogP contribution in [0.2, 0.25) is 0 Å². The number of nitriles is 2. The van der Waals surface area contributed by atoms with Crippen LogP contribution in [-0.4, -0.2) is 20.4 Å². The zero-order chi connectivity index (χ0) is 25.4. The number of nitrogens with two attached hydrogens (primary N) is 2. The van der Waals surface area contributed by atoms with E-state index in [9.17, 15) is 10.5 Å². The first-order valence-electron chi connectivity index (χ1n) is 11.9. The van der Waals surface area contributed by atoms with Crippen molar-refractivity contribution >= 4 is 0 Å². The summed E-state index contributed by atoms with van der Waals surface area (Å²) in [4.78, 5) is 0. The van der Waals surface area contributed by atoms with Crippen molar-refractivity contribution in [2.24, 2.45) is 11.5 Å². The molecule has 0 saturated heterocycles. The predicted octanol–water partition coefficient (Wildman–Crippen LogP) is 3.47. The minimum absolute atomic E-state index is 0.0489. The Labute approximate surface area is 208 Å². The minimum Gasteiger partial charge on any atom is -0.420 e. The molecule has 182 valence electrons. The van der Waals surface area contributed by atoms with Gasteiger partial charge in [-0.3, -0.25) is 10.2 Å². The van der Waals surface area contributed by atoms with Crippen molar-refractivity contribution in [2.75, 3.05) is 0 Å². The standard InChI is InChI=1S/C26H26N8O2/c1-3-5-17-21-19(15(11-27)23(29)35-25(21)33-31-17)13-7-9-14(10-8-13)20-16(12-28)24(30)36-26-22(20)18(6-4-2)32-34-26/h7-10,19-20H,3-6,29-30H2,1-2H3,(H,31,33)(H,32,34)/t19-,20+. The van der Waals surface area contributed by atoms with Gasteiger partial charge in [-0.05, 0) is 24.0 Å². The number of aryl methyl sites for hydroxylation is 2. The molecular formula is C26H26N8O2. The average Bonchev–Trinajstić information content (AvgIpc) is 3.46. The van der Waals surface area contributed by atoms with E-state index in [1.54, 1.807) is 0 Å². The number of fused-ring (bicyclic) bond motifs is 2. The lowest BCUT2D eigenvalue weighted by Crippen LogP contribution is -2.22. The van der Waals surface area contributed by atoms with Crippen LogP contribution < -0.4 is 20.9 Å². The SMILES string of the molecule is CCCc1[nH]nc2c1[C@@H](c1ccc([C@@H]3C(C#N)=C(N)Oc4n[nH]c(CCC)c43)cc1)C(C#N)=C(N)O2. The summed E-state index contributed by atoms with van der Waals surface area (Å²) < 4.78 is 11.3. The maximum absolute atomic E-state index is 9.92. The molecule has 0 fully saturated rings. The molecule has 0 unspecified atom stereocenters. The van der Waals surface area contributed by atoms with Crippen LogP contribution in [0.25, 0.3) is 0 Å². The number of H-pyrrole nitrogens is 2. The predicted molar refractivity (Wildman–Crippen MR) is 130 cm³/mol. The van der Waals surface area contributed by atoms with Crippen LogP contribution in [0.3, 0.4) is 0 Å². The molecule has 2 aromatic heterocycles. The maximum atomic E-state index is 9.92. The summed E-state index contributed by atoms with van der Waals surface area (Å²) in [6.45, 7) is 4.15. The van der Waals surface area contributed by atoms with Crippen molar-refractivity contribution in [3.63, 3.8) is 0 Å². The van der Waals surface area contributed by atoms with E-state index in [0.717, 1.165) is 59.3 Å². The summed E-state index contributed by atoms with van der Waals surface area (Å²) >= 11 is 0. The third-order valence-electron chi connectivity index (χ3n) is 6.64. The van der Waals surface area contributed by atoms with Crippen molar-refractivity contribution in [2.45, 2.75) is 51.4 Å². The summed E-state index contributed by atoms with van der Waals surface area (Å²) in [7, 11) is 0. The zero-order valence-electron chi connectivity index (χ0n) is 20.1. The topological polar surface area (TPSA) is 175 Å². The molecule has 0 saturated carbocycles. The molecule has 2 aliphatic heterocycles. The third-order valence-corrected chi connectivity index (χ3v) is 6.64. The molecular weight excluding hydrogens is 456 g/mol. The van der Waals surface area contributed by atoms with Gasteiger partial charge in [0.1, 0.15) is 23.3 Å². The summed E-state index contributed by atoms with van der Waals surface area (Å²) in [5.74, 6) is 0.0462. The fourth-order valence-corrected chi connectivity index (χ4v) is 5.05. The highest BCUT2D eigenvalue weighted by molar-refractivity contribution is 5.58. The molecule has 0 radical (unpaired) electrons. The minimum atomic E-state index is -0.418. The number of allylic oxidation sites excluding steroid dienone is 2. The molecule has 3 aromatic rings. The largest absolute Gasteiger partial charge is 0.420 e. The van der Waals surface area contributed by atoms with E-state index < -0.39 is 11.8 Å². The fraction of sp³-hybridized carbons (Fsp3) is 0.308. The molecule has 4 heterocycles. The van der Waals surface area contributed by atoms with Crippen LogP contribution in [-0.2, 0) is 12.8 Å². The first-order chi connectivity index (χ1) is 17.5. The van der Waals surface area contributed by atoms with Gasteiger partial charge in [-0.2, -0.15) is 10.5 Å². The number of nitrogens with one attached hydrogen (secondary N) is 2. The van der Waals surface area contributed by atoms with Crippen LogP contribution in [0.15, 0.2) is 47.2 Å². The van der Waals surface area contributed by atoms with Gasteiger partial charge in [-0.15, -0.1) is 10.2 Å². The molecule has 0 spiro atoms. The van der Waals surface area contributed by atoms with Gasteiger partial charge in [0.15, 0.2) is 0 Å². The van der Waals surface area contributed by atoms with Crippen LogP contribution >= 0.6 is 0 Å². The van der Waals surface area contributed by atoms with Gasteiger partial charge >= 0.3 is 0 Å². The third kappa shape index (κ3) is 3.55. The Morgan fingerprint density at radius 1 is 0.778 bits per heavy atom. The van der Waals surface area contributed by atoms with Crippen molar-refractivity contribution < 1.29 is 9.47 Å². The summed E-state index contributed by atoms with van der Waals surface area (Å²) in [6, 6.07) is 12.2. The van der Waals surface area contributed by atoms with Gasteiger partial charge in [0, 0.05) is 22.5 Å². The van der Waals surface area contributed by atoms with E-state index in [1.807, 2.05) is 24.3 Å². The van der Waals surface area contributed by atoms with Gasteiger partial charge < -0.3 is 20.9 Å². The highest BCUT2D eigenvalue weighted by Gasteiger charge is 2.37. The first kappa shape index (κ1) is 23.1. The Kier molecular flexibility index (Phi) is 5.87. The second-order valence-electron chi connectivity index (χ2n) is 8.86. The number of nitrogens with zero attached hydrogens (tertiary/aromatic N) is 4. The summed E-state index contributed by atoms with van der Waals surface area (Å²) in [5, 5.41) is 34.5. The van der Waals surface area contributed by atoms with Gasteiger partial charge in [-0.1, -0.05) is 51.0 Å². The molecule has 6 N–H and O–H groups in total. The van der Waals surface area contributed by atoms with E-state index in [1.165, 1.54) is 0 Å².